The molecule has 2 aromatic rings. The minimum atomic E-state index is 0.101. The molecule has 0 aliphatic heterocycles. The van der Waals surface area contributed by atoms with Crippen LogP contribution in [0.5, 0.6) is 0 Å². The van der Waals surface area contributed by atoms with Crippen molar-refractivity contribution in [2.45, 2.75) is 46.6 Å². The van der Waals surface area contributed by atoms with E-state index in [1.165, 1.54) is 16.9 Å². The van der Waals surface area contributed by atoms with E-state index in [4.69, 9.17) is 12.2 Å². The molecule has 1 atom stereocenters. The lowest BCUT2D eigenvalue weighted by Gasteiger charge is -2.17. The summed E-state index contributed by atoms with van der Waals surface area (Å²) < 4.78 is 2.29. The third kappa shape index (κ3) is 2.27. The van der Waals surface area contributed by atoms with Gasteiger partial charge in [-0.1, -0.05) is 20.8 Å². The molecule has 0 fully saturated rings. The molecule has 108 valence electrons. The number of nitrogens with zero attached hydrogens (tertiary/aromatic N) is 1. The van der Waals surface area contributed by atoms with Crippen molar-refractivity contribution in [2.24, 2.45) is 11.8 Å². The molecular formula is C15H20N2OS2. The van der Waals surface area contributed by atoms with Gasteiger partial charge in [0.2, 0.25) is 0 Å². The molecule has 0 radical (unpaired) electrons. The van der Waals surface area contributed by atoms with Crippen LogP contribution in [0.2, 0.25) is 0 Å². The van der Waals surface area contributed by atoms with Crippen LogP contribution in [0.25, 0.3) is 10.2 Å². The van der Waals surface area contributed by atoms with Crippen molar-refractivity contribution < 1.29 is 0 Å². The Morgan fingerprint density at radius 3 is 2.95 bits per heavy atom. The molecule has 0 bridgehead atoms. The van der Waals surface area contributed by atoms with Crippen LogP contribution in [-0.2, 0) is 19.4 Å². The molecule has 0 unspecified atom stereocenters. The standard InChI is InChI=1S/C15H20N2OS2/c1-8(2)7-17-14(18)12-10-5-4-9(3)6-11(10)20-13(12)16-15(17)19/h8-9H,4-7H2,1-3H3,(H,16,19)/t9-/m1/s1. The number of nitrogens with one attached hydrogen (secondary N) is 1. The molecule has 5 heteroatoms. The Hall–Kier alpha value is -0.940. The number of aromatic nitrogens is 2. The Morgan fingerprint density at radius 2 is 2.25 bits per heavy atom. The maximum atomic E-state index is 12.8. The Kier molecular flexibility index (Phi) is 3.58. The maximum Gasteiger partial charge on any atom is 0.263 e. The first-order chi connectivity index (χ1) is 9.47. The van der Waals surface area contributed by atoms with Crippen molar-refractivity contribution in [3.8, 4) is 0 Å². The van der Waals surface area contributed by atoms with Gasteiger partial charge in [-0.2, -0.15) is 0 Å². The molecular weight excluding hydrogens is 288 g/mol. The highest BCUT2D eigenvalue weighted by Crippen LogP contribution is 2.35. The van der Waals surface area contributed by atoms with Gasteiger partial charge in [0, 0.05) is 11.4 Å². The first kappa shape index (κ1) is 14.0. The van der Waals surface area contributed by atoms with Gasteiger partial charge in [-0.25, -0.2) is 0 Å². The van der Waals surface area contributed by atoms with Crippen LogP contribution < -0.4 is 5.56 Å². The molecule has 0 aromatic carbocycles. The van der Waals surface area contributed by atoms with E-state index in [0.717, 1.165) is 29.0 Å². The van der Waals surface area contributed by atoms with Crippen LogP contribution in [0.15, 0.2) is 4.79 Å². The predicted octanol–water partition coefficient (Wildman–Crippen LogP) is 3.90. The third-order valence-corrected chi connectivity index (χ3v) is 5.48. The monoisotopic (exact) mass is 308 g/mol. The van der Waals surface area contributed by atoms with Crippen LogP contribution in [-0.4, -0.2) is 9.55 Å². The lowest BCUT2D eigenvalue weighted by atomic mass is 9.89. The number of fused-ring (bicyclic) bond motifs is 3. The smallest absolute Gasteiger partial charge is 0.263 e. The highest BCUT2D eigenvalue weighted by Gasteiger charge is 2.23. The molecule has 20 heavy (non-hydrogen) atoms. The van der Waals surface area contributed by atoms with Gasteiger partial charge < -0.3 is 4.98 Å². The van der Waals surface area contributed by atoms with E-state index < -0.39 is 0 Å². The second kappa shape index (κ2) is 5.11. The summed E-state index contributed by atoms with van der Waals surface area (Å²) in [5.74, 6) is 1.13. The molecule has 1 aliphatic carbocycles. The van der Waals surface area contributed by atoms with Crippen molar-refractivity contribution >= 4 is 33.8 Å². The minimum Gasteiger partial charge on any atom is -0.323 e. The molecule has 0 saturated heterocycles. The second-order valence-corrected chi connectivity index (χ2v) is 7.79. The summed E-state index contributed by atoms with van der Waals surface area (Å²) >= 11 is 7.09. The molecule has 3 rings (SSSR count). The van der Waals surface area contributed by atoms with Crippen LogP contribution in [0.4, 0.5) is 0 Å². The number of hydrogen-bond acceptors (Lipinski definition) is 3. The van der Waals surface area contributed by atoms with Gasteiger partial charge in [-0.15, -0.1) is 11.3 Å². The number of hydrogen-bond donors (Lipinski definition) is 1. The van der Waals surface area contributed by atoms with E-state index in [-0.39, 0.29) is 5.56 Å². The van der Waals surface area contributed by atoms with Crippen LogP contribution in [0.3, 0.4) is 0 Å². The largest absolute Gasteiger partial charge is 0.323 e. The first-order valence-corrected chi connectivity index (χ1v) is 8.47. The van der Waals surface area contributed by atoms with E-state index in [1.807, 2.05) is 0 Å². The molecule has 0 saturated carbocycles. The highest BCUT2D eigenvalue weighted by molar-refractivity contribution is 7.71. The summed E-state index contributed by atoms with van der Waals surface area (Å²) in [6.45, 7) is 7.18. The summed E-state index contributed by atoms with van der Waals surface area (Å²) in [5.41, 5.74) is 1.38. The van der Waals surface area contributed by atoms with E-state index in [2.05, 4.69) is 25.8 Å². The van der Waals surface area contributed by atoms with E-state index in [0.29, 0.717) is 17.2 Å². The zero-order chi connectivity index (χ0) is 14.4. The zero-order valence-electron chi connectivity index (χ0n) is 12.2. The van der Waals surface area contributed by atoms with Gasteiger partial charge in [0.15, 0.2) is 4.77 Å². The minimum absolute atomic E-state index is 0.101. The summed E-state index contributed by atoms with van der Waals surface area (Å²) in [5, 5.41) is 0.895. The lowest BCUT2D eigenvalue weighted by molar-refractivity contribution is 0.500. The highest BCUT2D eigenvalue weighted by atomic mass is 32.1. The third-order valence-electron chi connectivity index (χ3n) is 3.98. The summed E-state index contributed by atoms with van der Waals surface area (Å²) in [4.78, 5) is 18.4. The fourth-order valence-corrected chi connectivity index (χ4v) is 4.71. The molecule has 2 aromatic heterocycles. The number of aryl methyl sites for hydroxylation is 1. The van der Waals surface area contributed by atoms with Gasteiger partial charge >= 0.3 is 0 Å². The van der Waals surface area contributed by atoms with Gasteiger partial charge in [0.05, 0.1) is 5.39 Å². The maximum absolute atomic E-state index is 12.8. The topological polar surface area (TPSA) is 37.8 Å². The molecule has 3 nitrogen and oxygen atoms in total. The fraction of sp³-hybridized carbons (Fsp3) is 0.600. The van der Waals surface area contributed by atoms with E-state index in [9.17, 15) is 4.79 Å². The molecule has 0 spiro atoms. The van der Waals surface area contributed by atoms with Crippen molar-refractivity contribution in [1.29, 1.82) is 0 Å². The SMILES string of the molecule is CC(C)Cn1c(=S)[nH]c2sc3c(c2c1=O)CC[C@@H](C)C3. The number of aromatic amines is 1. The number of H-pyrrole nitrogens is 1. The van der Waals surface area contributed by atoms with Crippen molar-refractivity contribution in [3.63, 3.8) is 0 Å². The molecule has 1 N–H and O–H groups in total. The fourth-order valence-electron chi connectivity index (χ4n) is 2.99. The molecule has 2 heterocycles. The Bertz CT molecular complexity index is 766. The van der Waals surface area contributed by atoms with E-state index in [1.54, 1.807) is 15.9 Å². The summed E-state index contributed by atoms with van der Waals surface area (Å²) in [7, 11) is 0. The molecule has 0 amide bonds. The van der Waals surface area contributed by atoms with Crippen LogP contribution >= 0.6 is 23.6 Å². The quantitative estimate of drug-likeness (QED) is 0.854. The molecule has 1 aliphatic rings. The number of rotatable bonds is 2. The first-order valence-electron chi connectivity index (χ1n) is 7.24. The lowest BCUT2D eigenvalue weighted by Crippen LogP contribution is -2.25. The number of thiophene rings is 1. The average Bonchev–Trinajstić information content (AvgIpc) is 2.71. The Morgan fingerprint density at radius 1 is 1.50 bits per heavy atom. The Labute approximate surface area is 127 Å². The van der Waals surface area contributed by atoms with E-state index >= 15 is 0 Å². The van der Waals surface area contributed by atoms with Crippen molar-refractivity contribution in [1.82, 2.24) is 9.55 Å². The van der Waals surface area contributed by atoms with Crippen LogP contribution in [0, 0.1) is 16.6 Å². The zero-order valence-corrected chi connectivity index (χ0v) is 13.8. The average molecular weight is 308 g/mol. The van der Waals surface area contributed by atoms with Gasteiger partial charge in [0.1, 0.15) is 4.83 Å². The summed E-state index contributed by atoms with van der Waals surface area (Å²) in [6.07, 6.45) is 3.30. The van der Waals surface area contributed by atoms with Gasteiger partial charge in [0.25, 0.3) is 5.56 Å². The van der Waals surface area contributed by atoms with Gasteiger partial charge in [-0.05, 0) is 48.9 Å². The van der Waals surface area contributed by atoms with Crippen LogP contribution in [0.1, 0.15) is 37.6 Å². The predicted molar refractivity (Wildman–Crippen MR) is 87.3 cm³/mol. The Balaban J connectivity index is 2.26. The summed E-state index contributed by atoms with van der Waals surface area (Å²) in [6, 6.07) is 0. The van der Waals surface area contributed by atoms with Gasteiger partial charge in [-0.3, -0.25) is 9.36 Å². The second-order valence-electron chi connectivity index (χ2n) is 6.30. The van der Waals surface area contributed by atoms with Crippen molar-refractivity contribution in [2.75, 3.05) is 0 Å². The van der Waals surface area contributed by atoms with Crippen molar-refractivity contribution in [3.05, 3.63) is 25.6 Å². The normalized spacial score (nSPS) is 18.7.